The van der Waals surface area contributed by atoms with Gasteiger partial charge in [-0.05, 0) is 30.3 Å². The van der Waals surface area contributed by atoms with Crippen LogP contribution in [0.15, 0.2) is 89.9 Å². The Hall–Kier alpha value is -1.89. The van der Waals surface area contributed by atoms with Gasteiger partial charge in [0.05, 0.1) is 11.1 Å². The van der Waals surface area contributed by atoms with E-state index in [1.54, 1.807) is 0 Å². The predicted octanol–water partition coefficient (Wildman–Crippen LogP) is 4.72. The van der Waals surface area contributed by atoms with Crippen molar-refractivity contribution in [3.8, 4) is 0 Å². The highest BCUT2D eigenvalue weighted by Gasteiger charge is 2.24. The molecule has 0 unspecified atom stereocenters. The van der Waals surface area contributed by atoms with E-state index in [0.29, 0.717) is 6.04 Å². The molecule has 0 aliphatic carbocycles. The Morgan fingerprint density at radius 2 is 1.42 bits per heavy atom. The zero-order valence-electron chi connectivity index (χ0n) is 14.9. The Labute approximate surface area is 161 Å². The topological polar surface area (TPSA) is 12.4 Å². The molecule has 3 aromatic carbocycles. The van der Waals surface area contributed by atoms with Gasteiger partial charge in [0.25, 0.3) is 0 Å². The van der Waals surface area contributed by atoms with Gasteiger partial charge in [-0.15, -0.1) is 11.8 Å². The lowest BCUT2D eigenvalue weighted by atomic mass is 10.2. The average molecular weight is 375 g/mol. The first-order chi connectivity index (χ1) is 12.9. The fourth-order valence-electron chi connectivity index (χ4n) is 3.20. The van der Waals surface area contributed by atoms with Crippen LogP contribution in [-0.2, 0) is 0 Å². The van der Waals surface area contributed by atoms with Crippen molar-refractivity contribution in [2.45, 2.75) is 19.4 Å². The molecule has 0 saturated carbocycles. The fraction of sp³-hybridized carbons (Fsp3) is 0.174. The van der Waals surface area contributed by atoms with Crippen LogP contribution in [0.2, 0.25) is 0 Å². The van der Waals surface area contributed by atoms with Crippen LogP contribution in [0.5, 0.6) is 0 Å². The van der Waals surface area contributed by atoms with Gasteiger partial charge in [-0.1, -0.05) is 91.9 Å². The molecule has 1 heterocycles. The summed E-state index contributed by atoms with van der Waals surface area (Å²) >= 11 is 1.91. The smallest absolute Gasteiger partial charge is 0.0988 e. The van der Waals surface area contributed by atoms with Crippen LogP contribution in [0.25, 0.3) is 0 Å². The number of nitrogens with zero attached hydrogens (tertiary/aromatic N) is 1. The monoisotopic (exact) mass is 375 g/mol. The normalized spacial score (nSPS) is 16.7. The van der Waals surface area contributed by atoms with E-state index in [1.165, 1.54) is 26.5 Å². The first kappa shape index (κ1) is 17.5. The summed E-state index contributed by atoms with van der Waals surface area (Å²) in [5.74, 6) is 1.11. The van der Waals surface area contributed by atoms with Crippen LogP contribution < -0.4 is 15.9 Å². The Morgan fingerprint density at radius 3 is 2.00 bits per heavy atom. The molecule has 3 aromatic rings. The second-order valence-electron chi connectivity index (χ2n) is 6.33. The second kappa shape index (κ2) is 8.20. The third-order valence-corrected chi connectivity index (χ3v) is 8.24. The summed E-state index contributed by atoms with van der Waals surface area (Å²) in [6, 6.07) is 31.1. The molecule has 1 aliphatic heterocycles. The van der Waals surface area contributed by atoms with Crippen LogP contribution >= 0.6 is 19.7 Å². The molecule has 0 spiro atoms. The van der Waals surface area contributed by atoms with Gasteiger partial charge < -0.3 is 0 Å². The second-order valence-corrected chi connectivity index (χ2v) is 9.53. The highest BCUT2D eigenvalue weighted by Crippen LogP contribution is 2.36. The molecule has 26 heavy (non-hydrogen) atoms. The van der Waals surface area contributed by atoms with Crippen molar-refractivity contribution in [3.63, 3.8) is 0 Å². The summed E-state index contributed by atoms with van der Waals surface area (Å²) < 4.78 is 0. The molecule has 0 aromatic heterocycles. The van der Waals surface area contributed by atoms with Gasteiger partial charge in [0, 0.05) is 11.3 Å². The molecular formula is C23H22NPS. The number of rotatable bonds is 5. The molecule has 1 aliphatic rings. The maximum atomic E-state index is 5.00. The van der Waals surface area contributed by atoms with Crippen molar-refractivity contribution < 1.29 is 0 Å². The molecule has 0 amide bonds. The van der Waals surface area contributed by atoms with Crippen molar-refractivity contribution in [1.82, 2.24) is 0 Å². The van der Waals surface area contributed by atoms with Gasteiger partial charge in [-0.2, -0.15) is 0 Å². The first-order valence-electron chi connectivity index (χ1n) is 9.07. The molecule has 3 heteroatoms. The zero-order valence-corrected chi connectivity index (χ0v) is 16.6. The first-order valence-corrected chi connectivity index (χ1v) is 11.4. The number of thioether (sulfide) groups is 1. The van der Waals surface area contributed by atoms with Gasteiger partial charge >= 0.3 is 0 Å². The molecular weight excluding hydrogens is 353 g/mol. The highest BCUT2D eigenvalue weighted by atomic mass is 32.2. The van der Waals surface area contributed by atoms with Gasteiger partial charge in [-0.25, -0.2) is 0 Å². The van der Waals surface area contributed by atoms with E-state index in [2.05, 4.69) is 91.9 Å². The molecule has 130 valence electrons. The lowest BCUT2D eigenvalue weighted by molar-refractivity contribution is 0.738. The van der Waals surface area contributed by atoms with E-state index in [0.717, 1.165) is 12.2 Å². The van der Waals surface area contributed by atoms with Crippen molar-refractivity contribution in [2.75, 3.05) is 5.75 Å². The van der Waals surface area contributed by atoms with E-state index in [-0.39, 0.29) is 0 Å². The Balaban J connectivity index is 1.85. The quantitative estimate of drug-likeness (QED) is 0.588. The van der Waals surface area contributed by atoms with E-state index in [4.69, 9.17) is 4.99 Å². The van der Waals surface area contributed by atoms with Crippen LogP contribution in [0.3, 0.4) is 0 Å². The van der Waals surface area contributed by atoms with Crippen molar-refractivity contribution >= 4 is 40.6 Å². The molecule has 0 fully saturated rings. The Morgan fingerprint density at radius 1 is 0.846 bits per heavy atom. The standard InChI is InChI=1S/C23H22NPS/c1-2-18-17-26-23(24-18)21-15-9-10-16-22(21)25(19-11-5-3-6-12-19)20-13-7-4-8-14-20/h3-16,18H,2,17H2,1H3/t18-/m1/s1. The Kier molecular flexibility index (Phi) is 5.53. The van der Waals surface area contributed by atoms with E-state index >= 15 is 0 Å². The van der Waals surface area contributed by atoms with E-state index in [1.807, 2.05) is 11.8 Å². The van der Waals surface area contributed by atoms with Crippen molar-refractivity contribution in [1.29, 1.82) is 0 Å². The molecule has 0 bridgehead atoms. The predicted molar refractivity (Wildman–Crippen MR) is 118 cm³/mol. The molecule has 0 radical (unpaired) electrons. The summed E-state index contributed by atoms with van der Waals surface area (Å²) in [6.45, 7) is 2.23. The molecule has 0 saturated heterocycles. The summed E-state index contributed by atoms with van der Waals surface area (Å²) in [5.41, 5.74) is 1.31. The maximum absolute atomic E-state index is 5.00. The maximum Gasteiger partial charge on any atom is 0.0988 e. The third-order valence-electron chi connectivity index (χ3n) is 4.59. The van der Waals surface area contributed by atoms with Crippen molar-refractivity contribution in [3.05, 3.63) is 90.5 Å². The molecule has 0 N–H and O–H groups in total. The van der Waals surface area contributed by atoms with Crippen molar-refractivity contribution in [2.24, 2.45) is 4.99 Å². The van der Waals surface area contributed by atoms with Crippen LogP contribution in [0, 0.1) is 0 Å². The fourth-order valence-corrected chi connectivity index (χ4v) is 6.95. The summed E-state index contributed by atoms with van der Waals surface area (Å²) in [5, 5.41) is 5.39. The minimum absolute atomic E-state index is 0.461. The van der Waals surface area contributed by atoms with E-state index < -0.39 is 7.92 Å². The van der Waals surface area contributed by atoms with Crippen LogP contribution in [0.1, 0.15) is 18.9 Å². The SMILES string of the molecule is CC[C@@H]1CSC(c2ccccc2P(c2ccccc2)c2ccccc2)=N1. The van der Waals surface area contributed by atoms with Crippen LogP contribution in [-0.4, -0.2) is 16.8 Å². The highest BCUT2D eigenvalue weighted by molar-refractivity contribution is 8.14. The molecule has 1 atom stereocenters. The van der Waals surface area contributed by atoms with Crippen LogP contribution in [0.4, 0.5) is 0 Å². The zero-order chi connectivity index (χ0) is 17.8. The number of hydrogen-bond acceptors (Lipinski definition) is 2. The minimum Gasteiger partial charge on any atom is -0.274 e. The minimum atomic E-state index is -0.596. The lowest BCUT2D eigenvalue weighted by Gasteiger charge is -2.22. The number of hydrogen-bond donors (Lipinski definition) is 0. The number of benzene rings is 3. The molecule has 4 rings (SSSR count). The van der Waals surface area contributed by atoms with Gasteiger partial charge in [0.2, 0.25) is 0 Å². The third kappa shape index (κ3) is 3.63. The average Bonchev–Trinajstić information content (AvgIpc) is 3.19. The molecule has 1 nitrogen and oxygen atoms in total. The Bertz CT molecular complexity index is 853. The van der Waals surface area contributed by atoms with Gasteiger partial charge in [-0.3, -0.25) is 4.99 Å². The van der Waals surface area contributed by atoms with Gasteiger partial charge in [0.15, 0.2) is 0 Å². The largest absolute Gasteiger partial charge is 0.274 e. The van der Waals surface area contributed by atoms with E-state index in [9.17, 15) is 0 Å². The lowest BCUT2D eigenvalue weighted by Crippen LogP contribution is -2.24. The summed E-state index contributed by atoms with van der Waals surface area (Å²) in [7, 11) is -0.596. The summed E-state index contributed by atoms with van der Waals surface area (Å²) in [6.07, 6.45) is 1.12. The van der Waals surface area contributed by atoms with Gasteiger partial charge in [0.1, 0.15) is 0 Å². The summed E-state index contributed by atoms with van der Waals surface area (Å²) in [4.78, 5) is 5.00. The number of aliphatic imine (C=N–C) groups is 1.